The summed E-state index contributed by atoms with van der Waals surface area (Å²) in [5.74, 6) is 1.18. The molecule has 13 heteroatoms. The average Bonchev–Trinajstić information content (AvgIpc) is 3.62. The third-order valence-corrected chi connectivity index (χ3v) is 6.81. The van der Waals surface area contributed by atoms with Crippen LogP contribution in [0.4, 0.5) is 36.3 Å². The summed E-state index contributed by atoms with van der Waals surface area (Å²) in [5, 5.41) is 7.67. The topological polar surface area (TPSA) is 108 Å². The number of carbonyl (C=O) groups excluding carboxylic acids is 1. The SMILES string of the molecule is Cc1ccc(NC(=O)c2cc(C(F)(F)F)ccn2)cc1C1=Cc2cnc(Nc3cnsc3)nc2N2CCN=C12. The van der Waals surface area contributed by atoms with Crippen molar-refractivity contribution in [3.63, 3.8) is 0 Å². The lowest BCUT2D eigenvalue weighted by molar-refractivity contribution is -0.137. The first kappa shape index (κ1) is 24.7. The Morgan fingerprint density at radius 3 is 2.77 bits per heavy atom. The van der Waals surface area contributed by atoms with Gasteiger partial charge in [0.1, 0.15) is 17.3 Å². The van der Waals surface area contributed by atoms with Crippen LogP contribution in [0, 0.1) is 6.92 Å². The lowest BCUT2D eigenvalue weighted by atomic mass is 9.94. The molecule has 4 aromatic rings. The number of hydrogen-bond acceptors (Lipinski definition) is 9. The Balaban J connectivity index is 1.31. The maximum absolute atomic E-state index is 13.1. The molecule has 0 fully saturated rings. The summed E-state index contributed by atoms with van der Waals surface area (Å²) in [6.07, 6.45) is 1.78. The highest BCUT2D eigenvalue weighted by atomic mass is 32.1. The summed E-state index contributed by atoms with van der Waals surface area (Å²) >= 11 is 1.33. The average molecular weight is 549 g/mol. The number of nitrogens with zero attached hydrogens (tertiary/aromatic N) is 6. The van der Waals surface area contributed by atoms with E-state index in [9.17, 15) is 18.0 Å². The summed E-state index contributed by atoms with van der Waals surface area (Å²) in [5.41, 5.74) is 3.33. The molecule has 2 aliphatic rings. The number of aromatic nitrogens is 4. The molecule has 0 radical (unpaired) electrons. The number of amides is 1. The summed E-state index contributed by atoms with van der Waals surface area (Å²) < 4.78 is 43.3. The van der Waals surface area contributed by atoms with Gasteiger partial charge in [0, 0.05) is 41.1 Å². The van der Waals surface area contributed by atoms with Crippen LogP contribution < -0.4 is 15.5 Å². The molecule has 39 heavy (non-hydrogen) atoms. The molecule has 3 aromatic heterocycles. The number of pyridine rings is 1. The second-order valence-electron chi connectivity index (χ2n) is 8.84. The van der Waals surface area contributed by atoms with Gasteiger partial charge in [-0.05, 0) is 59.9 Å². The molecular weight excluding hydrogens is 529 g/mol. The van der Waals surface area contributed by atoms with E-state index in [0.29, 0.717) is 24.7 Å². The smallest absolute Gasteiger partial charge is 0.322 e. The van der Waals surface area contributed by atoms with Crippen LogP contribution >= 0.6 is 11.5 Å². The fraction of sp³-hybridized carbons (Fsp3) is 0.154. The second-order valence-corrected chi connectivity index (χ2v) is 9.49. The fourth-order valence-electron chi connectivity index (χ4n) is 4.37. The third-order valence-electron chi connectivity index (χ3n) is 6.23. The van der Waals surface area contributed by atoms with Crippen molar-refractivity contribution in [3.05, 3.63) is 82.3 Å². The largest absolute Gasteiger partial charge is 0.416 e. The molecule has 0 unspecified atom stereocenters. The number of rotatable bonds is 5. The van der Waals surface area contributed by atoms with Gasteiger partial charge in [-0.15, -0.1) is 0 Å². The molecule has 5 heterocycles. The molecule has 0 saturated heterocycles. The molecule has 2 N–H and O–H groups in total. The van der Waals surface area contributed by atoms with E-state index in [2.05, 4.69) is 25.0 Å². The molecule has 0 spiro atoms. The van der Waals surface area contributed by atoms with Crippen molar-refractivity contribution in [2.75, 3.05) is 28.6 Å². The van der Waals surface area contributed by atoms with Crippen molar-refractivity contribution in [1.82, 2.24) is 19.3 Å². The van der Waals surface area contributed by atoms with Crippen LogP contribution in [0.15, 0.2) is 59.3 Å². The van der Waals surface area contributed by atoms with Gasteiger partial charge < -0.3 is 15.5 Å². The lowest BCUT2D eigenvalue weighted by Crippen LogP contribution is -2.32. The van der Waals surface area contributed by atoms with E-state index in [0.717, 1.165) is 57.9 Å². The van der Waals surface area contributed by atoms with E-state index in [4.69, 9.17) is 9.98 Å². The van der Waals surface area contributed by atoms with Crippen LogP contribution in [0.5, 0.6) is 0 Å². The number of aliphatic imine (C=N–C) groups is 1. The van der Waals surface area contributed by atoms with Gasteiger partial charge in [-0.3, -0.25) is 14.8 Å². The van der Waals surface area contributed by atoms with Gasteiger partial charge in [0.2, 0.25) is 5.95 Å². The Hall–Kier alpha value is -4.65. The molecule has 196 valence electrons. The number of aryl methyl sites for hydroxylation is 1. The van der Waals surface area contributed by atoms with Crippen LogP contribution in [0.1, 0.15) is 32.7 Å². The molecule has 2 aliphatic heterocycles. The van der Waals surface area contributed by atoms with Gasteiger partial charge in [-0.1, -0.05) is 6.07 Å². The minimum atomic E-state index is -4.58. The number of benzene rings is 1. The highest BCUT2D eigenvalue weighted by Crippen LogP contribution is 2.37. The highest BCUT2D eigenvalue weighted by Gasteiger charge is 2.32. The Kier molecular flexibility index (Phi) is 6.06. The maximum Gasteiger partial charge on any atom is 0.416 e. The van der Waals surface area contributed by atoms with Gasteiger partial charge in [0.25, 0.3) is 5.91 Å². The van der Waals surface area contributed by atoms with Crippen LogP contribution in [0.25, 0.3) is 11.6 Å². The van der Waals surface area contributed by atoms with Crippen molar-refractivity contribution in [2.24, 2.45) is 4.99 Å². The summed E-state index contributed by atoms with van der Waals surface area (Å²) in [4.78, 5) is 32.4. The predicted octanol–water partition coefficient (Wildman–Crippen LogP) is 5.42. The molecule has 1 aromatic carbocycles. The number of amidine groups is 1. The van der Waals surface area contributed by atoms with Crippen LogP contribution in [-0.4, -0.2) is 44.2 Å². The van der Waals surface area contributed by atoms with Gasteiger partial charge >= 0.3 is 6.18 Å². The van der Waals surface area contributed by atoms with E-state index >= 15 is 0 Å². The number of fused-ring (bicyclic) bond motifs is 3. The van der Waals surface area contributed by atoms with Gasteiger partial charge in [0.15, 0.2) is 0 Å². The molecule has 0 bridgehead atoms. The zero-order valence-electron chi connectivity index (χ0n) is 20.3. The first-order chi connectivity index (χ1) is 18.8. The van der Waals surface area contributed by atoms with Gasteiger partial charge in [0.05, 0.1) is 24.0 Å². The predicted molar refractivity (Wildman–Crippen MR) is 143 cm³/mol. The molecule has 9 nitrogen and oxygen atoms in total. The minimum absolute atomic E-state index is 0.330. The molecule has 0 aliphatic carbocycles. The third kappa shape index (κ3) is 4.83. The van der Waals surface area contributed by atoms with Crippen molar-refractivity contribution in [2.45, 2.75) is 13.1 Å². The molecular formula is C26H19F3N8OS. The normalized spacial score (nSPS) is 14.3. The van der Waals surface area contributed by atoms with Gasteiger partial charge in [-0.25, -0.2) is 4.98 Å². The van der Waals surface area contributed by atoms with E-state index in [1.165, 1.54) is 11.5 Å². The highest BCUT2D eigenvalue weighted by molar-refractivity contribution is 7.04. The lowest BCUT2D eigenvalue weighted by Gasteiger charge is -2.28. The monoisotopic (exact) mass is 548 g/mol. The van der Waals surface area contributed by atoms with Gasteiger partial charge in [-0.2, -0.15) is 22.5 Å². The van der Waals surface area contributed by atoms with Crippen LogP contribution in [0.2, 0.25) is 0 Å². The van der Waals surface area contributed by atoms with Crippen molar-refractivity contribution < 1.29 is 18.0 Å². The number of halogens is 3. The van der Waals surface area contributed by atoms with Crippen LogP contribution in [-0.2, 0) is 6.18 Å². The number of alkyl halides is 3. The zero-order valence-corrected chi connectivity index (χ0v) is 21.1. The molecule has 6 rings (SSSR count). The fourth-order valence-corrected chi connectivity index (χ4v) is 4.84. The minimum Gasteiger partial charge on any atom is -0.322 e. The quantitative estimate of drug-likeness (QED) is 0.343. The molecule has 0 saturated carbocycles. The number of anilines is 4. The Bertz CT molecular complexity index is 1650. The number of hydrogen-bond donors (Lipinski definition) is 2. The zero-order chi connectivity index (χ0) is 27.1. The van der Waals surface area contributed by atoms with Crippen molar-refractivity contribution in [3.8, 4) is 0 Å². The number of carbonyl (C=O) groups is 1. The van der Waals surface area contributed by atoms with E-state index in [1.54, 1.807) is 24.5 Å². The second kappa shape index (κ2) is 9.58. The molecule has 0 atom stereocenters. The Labute approximate surface area is 224 Å². The Morgan fingerprint density at radius 1 is 1.10 bits per heavy atom. The first-order valence-corrected chi connectivity index (χ1v) is 12.6. The standard InChI is InChI=1S/C26H19F3N8OS/c1-14-2-3-17(34-24(38)21-9-16(4-5-30-21)26(27,28)29)10-19(14)20-8-15-11-32-25(35-18-12-33-39-13-18)36-22(15)37-7-6-31-23(20)37/h2-5,8-13H,6-7H2,1H3,(H,34,38)(H,32,35,36). The molecule has 1 amide bonds. The Morgan fingerprint density at radius 2 is 1.97 bits per heavy atom. The van der Waals surface area contributed by atoms with E-state index < -0.39 is 17.6 Å². The number of nitrogens with one attached hydrogen (secondary N) is 2. The maximum atomic E-state index is 13.1. The summed E-state index contributed by atoms with van der Waals surface area (Å²) in [6, 6.07) is 6.85. The summed E-state index contributed by atoms with van der Waals surface area (Å²) in [6.45, 7) is 3.17. The van der Waals surface area contributed by atoms with E-state index in [-0.39, 0.29) is 5.69 Å². The summed E-state index contributed by atoms with van der Waals surface area (Å²) in [7, 11) is 0. The van der Waals surface area contributed by atoms with Crippen molar-refractivity contribution >= 4 is 58.1 Å². The first-order valence-electron chi connectivity index (χ1n) is 11.8. The van der Waals surface area contributed by atoms with Crippen molar-refractivity contribution in [1.29, 1.82) is 0 Å². The van der Waals surface area contributed by atoms with E-state index in [1.807, 2.05) is 29.3 Å². The van der Waals surface area contributed by atoms with Crippen LogP contribution in [0.3, 0.4) is 0 Å².